The maximum atomic E-state index is 12.5. The van der Waals surface area contributed by atoms with E-state index in [1.54, 1.807) is 0 Å². The zero-order valence-electron chi connectivity index (χ0n) is 14.4. The van der Waals surface area contributed by atoms with E-state index in [-0.39, 0.29) is 12.1 Å². The summed E-state index contributed by atoms with van der Waals surface area (Å²) in [4.78, 5) is 12.5. The van der Waals surface area contributed by atoms with E-state index in [0.717, 1.165) is 38.5 Å². The van der Waals surface area contributed by atoms with Crippen molar-refractivity contribution in [2.24, 2.45) is 5.41 Å². The van der Waals surface area contributed by atoms with Gasteiger partial charge in [-0.25, -0.2) is 0 Å². The molecule has 0 spiro atoms. The minimum Gasteiger partial charge on any atom is -0.491 e. The lowest BCUT2D eigenvalue weighted by molar-refractivity contribution is -0.158. The Morgan fingerprint density at radius 1 is 1.27 bits per heavy atom. The molecule has 3 atom stereocenters. The lowest BCUT2D eigenvalue weighted by atomic mass is 9.78. The van der Waals surface area contributed by atoms with Crippen LogP contribution < -0.4 is 0 Å². The molecule has 1 rings (SSSR count). The third kappa shape index (κ3) is 4.48. The topological polar surface area (TPSA) is 55.8 Å². The van der Waals surface area contributed by atoms with Gasteiger partial charge < -0.3 is 14.6 Å². The Labute approximate surface area is 134 Å². The van der Waals surface area contributed by atoms with Crippen molar-refractivity contribution >= 4 is 5.97 Å². The van der Waals surface area contributed by atoms with Crippen LogP contribution >= 0.6 is 0 Å². The number of unbranched alkanes of at least 4 members (excludes halogenated alkanes) is 1. The average Bonchev–Trinajstić information content (AvgIpc) is 2.51. The second-order valence-electron chi connectivity index (χ2n) is 6.19. The second-order valence-corrected chi connectivity index (χ2v) is 6.19. The molecule has 128 valence electrons. The third-order valence-corrected chi connectivity index (χ3v) is 4.72. The van der Waals surface area contributed by atoms with Crippen LogP contribution in [0, 0.1) is 5.41 Å². The summed E-state index contributed by atoms with van der Waals surface area (Å²) in [6.07, 6.45) is 6.14. The third-order valence-electron chi connectivity index (χ3n) is 4.72. The van der Waals surface area contributed by atoms with Gasteiger partial charge in [-0.05, 0) is 39.0 Å². The molecule has 22 heavy (non-hydrogen) atoms. The highest BCUT2D eigenvalue weighted by atomic mass is 16.5. The summed E-state index contributed by atoms with van der Waals surface area (Å²) in [6.45, 7) is 10.3. The fourth-order valence-electron chi connectivity index (χ4n) is 3.13. The summed E-state index contributed by atoms with van der Waals surface area (Å²) < 4.78 is 11.3. The molecule has 1 aliphatic carbocycles. The first-order valence-electron chi connectivity index (χ1n) is 8.73. The fourth-order valence-corrected chi connectivity index (χ4v) is 3.13. The summed E-state index contributed by atoms with van der Waals surface area (Å²) in [5.41, 5.74) is -0.789. The Morgan fingerprint density at radius 3 is 2.50 bits per heavy atom. The lowest BCUT2D eigenvalue weighted by Gasteiger charge is -2.36. The van der Waals surface area contributed by atoms with Crippen LogP contribution in [0.2, 0.25) is 0 Å². The Balaban J connectivity index is 2.87. The maximum absolute atomic E-state index is 12.5. The number of hydrogen-bond donors (Lipinski definition) is 1. The number of aliphatic hydroxyl groups is 1. The molecule has 0 amide bonds. The summed E-state index contributed by atoms with van der Waals surface area (Å²) in [7, 11) is 0. The van der Waals surface area contributed by atoms with E-state index in [1.165, 1.54) is 0 Å². The molecular formula is C18H32O4. The van der Waals surface area contributed by atoms with Crippen LogP contribution in [0.25, 0.3) is 0 Å². The van der Waals surface area contributed by atoms with Gasteiger partial charge in [0.2, 0.25) is 0 Å². The Morgan fingerprint density at radius 2 is 1.95 bits per heavy atom. The molecule has 0 aromatic rings. The number of hydrogen-bond acceptors (Lipinski definition) is 4. The Bertz CT molecular complexity index is 366. The zero-order valence-corrected chi connectivity index (χ0v) is 14.4. The molecule has 1 fully saturated rings. The number of esters is 1. The number of rotatable bonds is 9. The molecule has 4 nitrogen and oxygen atoms in total. The predicted molar refractivity (Wildman–Crippen MR) is 87.4 cm³/mol. The van der Waals surface area contributed by atoms with Crippen LogP contribution in [0.4, 0.5) is 0 Å². The van der Waals surface area contributed by atoms with Gasteiger partial charge in [-0.3, -0.25) is 4.79 Å². The quantitative estimate of drug-likeness (QED) is 0.517. The molecule has 1 N–H and O–H groups in total. The molecule has 0 unspecified atom stereocenters. The van der Waals surface area contributed by atoms with E-state index in [9.17, 15) is 9.90 Å². The average molecular weight is 312 g/mol. The van der Waals surface area contributed by atoms with Crippen molar-refractivity contribution in [3.63, 3.8) is 0 Å². The van der Waals surface area contributed by atoms with Gasteiger partial charge >= 0.3 is 5.97 Å². The maximum Gasteiger partial charge on any atom is 0.319 e. The largest absolute Gasteiger partial charge is 0.491 e. The smallest absolute Gasteiger partial charge is 0.319 e. The van der Waals surface area contributed by atoms with Gasteiger partial charge in [-0.2, -0.15) is 0 Å². The van der Waals surface area contributed by atoms with Crippen molar-refractivity contribution in [1.82, 2.24) is 0 Å². The van der Waals surface area contributed by atoms with Crippen molar-refractivity contribution in [3.05, 3.63) is 12.3 Å². The first-order valence-corrected chi connectivity index (χ1v) is 8.73. The van der Waals surface area contributed by atoms with Gasteiger partial charge in [0.25, 0.3) is 0 Å². The van der Waals surface area contributed by atoms with Crippen molar-refractivity contribution in [2.45, 2.75) is 84.3 Å². The Kier molecular flexibility index (Phi) is 7.94. The summed E-state index contributed by atoms with van der Waals surface area (Å²) in [6, 6.07) is 0. The highest BCUT2D eigenvalue weighted by Crippen LogP contribution is 2.40. The highest BCUT2D eigenvalue weighted by Gasteiger charge is 2.43. The molecule has 0 aromatic heterocycles. The van der Waals surface area contributed by atoms with Crippen molar-refractivity contribution in [2.75, 3.05) is 6.61 Å². The molecule has 0 aliphatic heterocycles. The number of aliphatic hydroxyl groups excluding tert-OH is 1. The SMILES string of the molecule is C=C(O[C@H]1CCCC[C@@H]1O)[C@](CC)(CCCC)C(=O)OCC. The molecule has 0 saturated heterocycles. The molecule has 0 radical (unpaired) electrons. The minimum absolute atomic E-state index is 0.247. The predicted octanol–water partition coefficient (Wildman–Crippen LogP) is 3.97. The first-order chi connectivity index (χ1) is 10.5. The molecule has 1 saturated carbocycles. The highest BCUT2D eigenvalue weighted by molar-refractivity contribution is 5.79. The Hall–Kier alpha value is -1.03. The molecule has 4 heteroatoms. The van der Waals surface area contributed by atoms with Gasteiger partial charge in [-0.15, -0.1) is 0 Å². The summed E-state index contributed by atoms with van der Waals surface area (Å²) >= 11 is 0. The molecule has 0 bridgehead atoms. The molecule has 1 aliphatic rings. The van der Waals surface area contributed by atoms with Crippen LogP contribution in [0.5, 0.6) is 0 Å². The molecule has 0 aromatic carbocycles. The van der Waals surface area contributed by atoms with E-state index in [2.05, 4.69) is 13.5 Å². The van der Waals surface area contributed by atoms with Gasteiger partial charge in [0, 0.05) is 0 Å². The van der Waals surface area contributed by atoms with Gasteiger partial charge in [0.15, 0.2) is 0 Å². The minimum atomic E-state index is -0.789. The van der Waals surface area contributed by atoms with Gasteiger partial charge in [0.1, 0.15) is 17.3 Å². The summed E-state index contributed by atoms with van der Waals surface area (Å²) in [5, 5.41) is 10.1. The molecule has 0 heterocycles. The van der Waals surface area contributed by atoms with Crippen molar-refractivity contribution in [3.8, 4) is 0 Å². The number of carbonyl (C=O) groups is 1. The van der Waals surface area contributed by atoms with Gasteiger partial charge in [-0.1, -0.05) is 39.7 Å². The monoisotopic (exact) mass is 312 g/mol. The van der Waals surface area contributed by atoms with Crippen LogP contribution in [-0.2, 0) is 14.3 Å². The van der Waals surface area contributed by atoms with Crippen LogP contribution in [0.3, 0.4) is 0 Å². The van der Waals surface area contributed by atoms with Crippen LogP contribution in [-0.4, -0.2) is 29.9 Å². The van der Waals surface area contributed by atoms with E-state index in [1.807, 2.05) is 13.8 Å². The van der Waals surface area contributed by atoms with E-state index in [0.29, 0.717) is 25.2 Å². The number of ether oxygens (including phenoxy) is 2. The van der Waals surface area contributed by atoms with Crippen molar-refractivity contribution in [1.29, 1.82) is 0 Å². The van der Waals surface area contributed by atoms with Crippen LogP contribution in [0.1, 0.15) is 72.1 Å². The fraction of sp³-hybridized carbons (Fsp3) is 0.833. The van der Waals surface area contributed by atoms with Crippen molar-refractivity contribution < 1.29 is 19.4 Å². The van der Waals surface area contributed by atoms with E-state index in [4.69, 9.17) is 9.47 Å². The van der Waals surface area contributed by atoms with E-state index < -0.39 is 11.5 Å². The van der Waals surface area contributed by atoms with E-state index >= 15 is 0 Å². The van der Waals surface area contributed by atoms with Crippen LogP contribution in [0.15, 0.2) is 12.3 Å². The zero-order chi connectivity index (χ0) is 16.6. The summed E-state index contributed by atoms with van der Waals surface area (Å²) in [5.74, 6) is 0.217. The second kappa shape index (κ2) is 9.19. The molecular weight excluding hydrogens is 280 g/mol. The normalized spacial score (nSPS) is 24.4. The lowest BCUT2D eigenvalue weighted by Crippen LogP contribution is -2.39. The number of carbonyl (C=O) groups excluding carboxylic acids is 1. The van der Waals surface area contributed by atoms with Gasteiger partial charge in [0.05, 0.1) is 12.7 Å². The standard InChI is InChI=1S/C18H32O4/c1-5-8-13-18(6-2,17(20)21-7-3)14(4)22-16-12-10-9-11-15(16)19/h15-16,19H,4-13H2,1-3H3/t15-,16-,18-/m0/s1. The first kappa shape index (κ1) is 19.0.